The molecule has 6 atom stereocenters. The van der Waals surface area contributed by atoms with E-state index in [1.807, 2.05) is 48.5 Å². The molecule has 0 aromatic carbocycles. The summed E-state index contributed by atoms with van der Waals surface area (Å²) in [7, 11) is 0. The van der Waals surface area contributed by atoms with Crippen molar-refractivity contribution in [3.05, 3.63) is 0 Å². The van der Waals surface area contributed by atoms with Gasteiger partial charge in [-0.1, -0.05) is 55.4 Å². The molecule has 6 unspecified atom stereocenters. The van der Waals surface area contributed by atoms with Crippen molar-refractivity contribution in [2.24, 2.45) is 35.5 Å². The Morgan fingerprint density at radius 1 is 0.323 bits per heavy atom. The van der Waals surface area contributed by atoms with E-state index in [0.717, 1.165) is 38.5 Å². The van der Waals surface area contributed by atoms with E-state index in [1.54, 1.807) is 6.92 Å². The second kappa shape index (κ2) is 39.2. The fraction of sp³-hybridized carbons (Fsp3) is 0.864. The Morgan fingerprint density at radius 3 is 0.774 bits per heavy atom. The van der Waals surface area contributed by atoms with Crippen molar-refractivity contribution in [3.63, 3.8) is 0 Å². The first kappa shape index (κ1) is 58.6. The Hall–Kier alpha value is -3.42. The minimum absolute atomic E-state index is 0.0208. The van der Waals surface area contributed by atoms with Gasteiger partial charge >= 0.3 is 0 Å². The molecule has 18 heteroatoms. The van der Waals surface area contributed by atoms with Gasteiger partial charge in [-0.3, -0.25) is 28.8 Å². The van der Waals surface area contributed by atoms with E-state index in [-0.39, 0.29) is 84.3 Å². The van der Waals surface area contributed by atoms with Crippen molar-refractivity contribution in [2.75, 3.05) is 80.0 Å². The molecule has 0 radical (unpaired) electrons. The largest absolute Gasteiger partial charge is 0.361 e. The molecule has 362 valence electrons. The van der Waals surface area contributed by atoms with Gasteiger partial charge < -0.3 is 60.3 Å². The summed E-state index contributed by atoms with van der Waals surface area (Å²) in [6, 6.07) is 0. The Kier molecular flexibility index (Phi) is 37.0. The molecule has 0 saturated heterocycles. The van der Waals surface area contributed by atoms with Crippen LogP contribution < -0.4 is 31.9 Å². The number of carbonyl (C=O) groups excluding carboxylic acids is 6. The normalized spacial score (nSPS) is 14.1. The molecule has 0 rings (SSSR count). The highest BCUT2D eigenvalue weighted by Crippen LogP contribution is 2.31. The second-order valence-corrected chi connectivity index (χ2v) is 15.5. The average Bonchev–Trinajstić information content (AvgIpc) is 3.26. The molecule has 0 aliphatic carbocycles. The predicted molar refractivity (Wildman–Crippen MR) is 236 cm³/mol. The van der Waals surface area contributed by atoms with Crippen LogP contribution in [0.1, 0.15) is 132 Å². The van der Waals surface area contributed by atoms with Crippen molar-refractivity contribution >= 4 is 35.4 Å². The molecule has 0 bridgehead atoms. The Bertz CT molecular complexity index is 1210. The van der Waals surface area contributed by atoms with Crippen LogP contribution in [0.4, 0.5) is 0 Å². The fourth-order valence-electron chi connectivity index (χ4n) is 6.54. The third-order valence-corrected chi connectivity index (χ3v) is 9.89. The van der Waals surface area contributed by atoms with Crippen LogP contribution in [-0.4, -0.2) is 115 Å². The van der Waals surface area contributed by atoms with Gasteiger partial charge in [0.2, 0.25) is 35.4 Å². The van der Waals surface area contributed by atoms with Crippen molar-refractivity contribution in [2.45, 2.75) is 132 Å². The highest BCUT2D eigenvalue weighted by Gasteiger charge is 2.37. The lowest BCUT2D eigenvalue weighted by atomic mass is 9.78. The third-order valence-electron chi connectivity index (χ3n) is 9.89. The van der Waals surface area contributed by atoms with Gasteiger partial charge in [0.15, 0.2) is 0 Å². The maximum Gasteiger partial charge on any atom is 0.224 e. The molecule has 0 aromatic rings. The van der Waals surface area contributed by atoms with Gasteiger partial charge in [0, 0.05) is 75.1 Å². The first-order chi connectivity index (χ1) is 29.9. The zero-order valence-corrected chi connectivity index (χ0v) is 39.3. The van der Waals surface area contributed by atoms with E-state index >= 15 is 0 Å². The van der Waals surface area contributed by atoms with Crippen LogP contribution in [0.25, 0.3) is 0 Å². The lowest BCUT2D eigenvalue weighted by Crippen LogP contribution is -2.43. The van der Waals surface area contributed by atoms with E-state index in [4.69, 9.17) is 28.4 Å². The van der Waals surface area contributed by atoms with Crippen LogP contribution in [0.5, 0.6) is 0 Å². The monoisotopic (exact) mass is 889 g/mol. The lowest BCUT2D eigenvalue weighted by Gasteiger charge is -2.29. The highest BCUT2D eigenvalue weighted by atomic mass is 16.5. The summed E-state index contributed by atoms with van der Waals surface area (Å²) >= 11 is 0. The molecule has 0 heterocycles. The number of carbonyl (C=O) groups is 6. The molecule has 0 aromatic heterocycles. The van der Waals surface area contributed by atoms with Gasteiger partial charge in [0.05, 0.1) is 0 Å². The van der Waals surface area contributed by atoms with Crippen molar-refractivity contribution in [1.82, 2.24) is 31.9 Å². The smallest absolute Gasteiger partial charge is 0.224 e. The summed E-state index contributed by atoms with van der Waals surface area (Å²) in [6.07, 6.45) is 4.94. The van der Waals surface area contributed by atoms with Crippen molar-refractivity contribution < 1.29 is 57.2 Å². The predicted octanol–water partition coefficient (Wildman–Crippen LogP) is 4.07. The quantitative estimate of drug-likeness (QED) is 0.0377. The molecule has 0 aliphatic heterocycles. The summed E-state index contributed by atoms with van der Waals surface area (Å²) in [6.45, 7) is 17.6. The minimum Gasteiger partial charge on any atom is -0.361 e. The SMILES string of the molecule is CCCOCNC(=O)C(C)CC(CC(CC(CC(CC(CC)C(=O)NCOCCC)C(=O)NCOCCC)C(=O)NCOCCC)C(=O)NCOCCC)C(=O)NCOCCC. The van der Waals surface area contributed by atoms with Crippen LogP contribution in [-0.2, 0) is 57.2 Å². The minimum atomic E-state index is -0.958. The number of amides is 6. The molecule has 18 nitrogen and oxygen atoms in total. The van der Waals surface area contributed by atoms with Crippen molar-refractivity contribution in [3.8, 4) is 0 Å². The average molecular weight is 889 g/mol. The molecular formula is C44H84N6O12. The summed E-state index contributed by atoms with van der Waals surface area (Å²) in [5.74, 6) is -7.22. The maximum atomic E-state index is 14.2. The zero-order valence-electron chi connectivity index (χ0n) is 39.3. The lowest BCUT2D eigenvalue weighted by molar-refractivity contribution is -0.133. The Balaban J connectivity index is 7.03. The van der Waals surface area contributed by atoms with E-state index in [0.29, 0.717) is 46.1 Å². The molecule has 0 aliphatic rings. The molecule has 0 spiro atoms. The van der Waals surface area contributed by atoms with Gasteiger partial charge in [0.1, 0.15) is 40.4 Å². The first-order valence-electron chi connectivity index (χ1n) is 23.1. The summed E-state index contributed by atoms with van der Waals surface area (Å²) in [5.41, 5.74) is 0. The number of hydrogen-bond acceptors (Lipinski definition) is 12. The van der Waals surface area contributed by atoms with E-state index < -0.39 is 59.1 Å². The third kappa shape index (κ3) is 28.3. The summed E-state index contributed by atoms with van der Waals surface area (Å²) in [4.78, 5) is 82.7. The summed E-state index contributed by atoms with van der Waals surface area (Å²) < 4.78 is 33.2. The highest BCUT2D eigenvalue weighted by molar-refractivity contribution is 5.86. The molecular weight excluding hydrogens is 805 g/mol. The Labute approximate surface area is 371 Å². The van der Waals surface area contributed by atoms with Gasteiger partial charge in [-0.2, -0.15) is 0 Å². The maximum absolute atomic E-state index is 14.2. The van der Waals surface area contributed by atoms with Gasteiger partial charge in [0.25, 0.3) is 0 Å². The van der Waals surface area contributed by atoms with E-state index in [2.05, 4.69) is 31.9 Å². The van der Waals surface area contributed by atoms with Gasteiger partial charge in [-0.25, -0.2) is 0 Å². The Morgan fingerprint density at radius 2 is 0.532 bits per heavy atom. The van der Waals surface area contributed by atoms with E-state index in [1.165, 1.54) is 0 Å². The van der Waals surface area contributed by atoms with Crippen LogP contribution in [0, 0.1) is 35.5 Å². The molecule has 62 heavy (non-hydrogen) atoms. The first-order valence-corrected chi connectivity index (χ1v) is 23.1. The van der Waals surface area contributed by atoms with Crippen LogP contribution in [0.15, 0.2) is 0 Å². The number of ether oxygens (including phenoxy) is 6. The van der Waals surface area contributed by atoms with Gasteiger partial charge in [-0.05, 0) is 77.0 Å². The van der Waals surface area contributed by atoms with Crippen LogP contribution in [0.2, 0.25) is 0 Å². The van der Waals surface area contributed by atoms with Crippen LogP contribution in [0.3, 0.4) is 0 Å². The van der Waals surface area contributed by atoms with E-state index in [9.17, 15) is 28.8 Å². The molecule has 6 N–H and O–H groups in total. The number of rotatable bonds is 41. The molecule has 0 fully saturated rings. The topological polar surface area (TPSA) is 230 Å². The second-order valence-electron chi connectivity index (χ2n) is 15.5. The standard InChI is InChI=1S/C44H84N6O12/c1-9-16-57-27-45-39(51)33(8)22-35(41(53)47-29-59-18-11-3)24-37(43(55)49-31-61-20-13-5)26-38(44(56)50-32-62-21-14-6)25-36(42(54)48-30-60-19-12-4)23-34(15-7)40(52)46-28-58-17-10-2/h33-38H,9-32H2,1-8H3,(H,45,51)(H,46,52)(H,47,53)(H,48,54)(H,49,55)(H,50,56). The van der Waals surface area contributed by atoms with Gasteiger partial charge in [-0.15, -0.1) is 0 Å². The van der Waals surface area contributed by atoms with Crippen LogP contribution >= 0.6 is 0 Å². The fourth-order valence-corrected chi connectivity index (χ4v) is 6.54. The zero-order chi connectivity index (χ0) is 46.4. The number of nitrogens with one attached hydrogen (secondary N) is 6. The molecule has 0 saturated carbocycles. The summed E-state index contributed by atoms with van der Waals surface area (Å²) in [5, 5.41) is 16.8. The van der Waals surface area contributed by atoms with Crippen molar-refractivity contribution in [1.29, 1.82) is 0 Å². The number of hydrogen-bond donors (Lipinski definition) is 6. The molecule has 6 amide bonds.